The van der Waals surface area contributed by atoms with Crippen LogP contribution in [0.4, 0.5) is 10.1 Å². The first-order valence-electron chi connectivity index (χ1n) is 5.36. The number of hydrogen-bond donors (Lipinski definition) is 2. The van der Waals surface area contributed by atoms with Crippen LogP contribution in [-0.4, -0.2) is 24.0 Å². The Morgan fingerprint density at radius 3 is 2.78 bits per heavy atom. The molecule has 1 rings (SSSR count). The van der Waals surface area contributed by atoms with E-state index in [4.69, 9.17) is 5.73 Å². The molecule has 0 aliphatic carbocycles. The largest absolute Gasteiger partial charge is 0.322 e. The van der Waals surface area contributed by atoms with Crippen molar-refractivity contribution in [1.82, 2.24) is 0 Å². The van der Waals surface area contributed by atoms with Crippen LogP contribution < -0.4 is 11.1 Å². The van der Waals surface area contributed by atoms with Gasteiger partial charge in [0.25, 0.3) is 0 Å². The second-order valence-electron chi connectivity index (χ2n) is 3.86. The molecule has 0 aliphatic heterocycles. The van der Waals surface area contributed by atoms with E-state index in [1.165, 1.54) is 6.07 Å². The summed E-state index contributed by atoms with van der Waals surface area (Å²) >= 11 is 1.62. The van der Waals surface area contributed by atoms with Gasteiger partial charge in [-0.2, -0.15) is 11.8 Å². The number of rotatable bonds is 5. The van der Waals surface area contributed by atoms with Crippen LogP contribution in [-0.2, 0) is 4.79 Å². The molecule has 0 unspecified atom stereocenters. The molecule has 1 aromatic carbocycles. The smallest absolute Gasteiger partial charge is 0.241 e. The first-order valence-corrected chi connectivity index (χ1v) is 6.75. The molecule has 0 saturated heterocycles. The zero-order chi connectivity index (χ0) is 12.8. The van der Waals surface area contributed by atoms with Crippen LogP contribution in [0.2, 0.25) is 0 Å². The van der Waals surface area contributed by atoms with Gasteiger partial charge in [0.1, 0.15) is 5.82 Å². The van der Waals surface area contributed by atoms with Crippen molar-refractivity contribution in [2.24, 2.45) is 5.73 Å². The number of nitrogens with two attached hydrogens (primary N) is 1. The van der Waals surface area contributed by atoms with Crippen LogP contribution in [0, 0.1) is 12.7 Å². The summed E-state index contributed by atoms with van der Waals surface area (Å²) in [5.41, 5.74) is 6.68. The van der Waals surface area contributed by atoms with Gasteiger partial charge in [-0.05, 0) is 43.0 Å². The summed E-state index contributed by atoms with van der Waals surface area (Å²) in [5, 5.41) is 2.50. The van der Waals surface area contributed by atoms with Crippen molar-refractivity contribution in [3.63, 3.8) is 0 Å². The highest BCUT2D eigenvalue weighted by Crippen LogP contribution is 2.15. The van der Waals surface area contributed by atoms with Crippen molar-refractivity contribution in [2.45, 2.75) is 19.4 Å². The number of aryl methyl sites for hydroxylation is 1. The number of carbonyl (C=O) groups is 1. The van der Waals surface area contributed by atoms with Crippen molar-refractivity contribution in [3.8, 4) is 0 Å². The molecule has 0 saturated carbocycles. The van der Waals surface area contributed by atoms with Gasteiger partial charge in [0.15, 0.2) is 0 Å². The molecule has 3 nitrogen and oxygen atoms in total. The lowest BCUT2D eigenvalue weighted by Crippen LogP contribution is -2.36. The Bertz CT molecular complexity index is 404. The third kappa shape index (κ3) is 5.25. The van der Waals surface area contributed by atoms with E-state index in [1.807, 2.05) is 6.26 Å². The van der Waals surface area contributed by atoms with E-state index in [2.05, 4.69) is 5.32 Å². The number of carbonyl (C=O) groups excluding carboxylic acids is 1. The number of benzene rings is 1. The summed E-state index contributed by atoms with van der Waals surface area (Å²) in [7, 11) is 0. The molecule has 6 heteroatoms. The van der Waals surface area contributed by atoms with Gasteiger partial charge in [0, 0.05) is 0 Å². The maximum atomic E-state index is 13.5. The summed E-state index contributed by atoms with van der Waals surface area (Å²) in [4.78, 5) is 11.6. The van der Waals surface area contributed by atoms with Crippen LogP contribution in [0.25, 0.3) is 0 Å². The van der Waals surface area contributed by atoms with Crippen LogP contribution in [0.1, 0.15) is 12.0 Å². The van der Waals surface area contributed by atoms with Crippen LogP contribution in [0.3, 0.4) is 0 Å². The molecule has 102 valence electrons. The average Bonchev–Trinajstić information content (AvgIpc) is 2.29. The summed E-state index contributed by atoms with van der Waals surface area (Å²) < 4.78 is 13.5. The number of anilines is 1. The lowest BCUT2D eigenvalue weighted by Gasteiger charge is -2.12. The maximum absolute atomic E-state index is 13.5. The van der Waals surface area contributed by atoms with Crippen LogP contribution >= 0.6 is 24.2 Å². The topological polar surface area (TPSA) is 55.1 Å². The second kappa shape index (κ2) is 8.34. The monoisotopic (exact) mass is 292 g/mol. The van der Waals surface area contributed by atoms with Gasteiger partial charge in [-0.3, -0.25) is 4.79 Å². The minimum atomic E-state index is -0.594. The zero-order valence-corrected chi connectivity index (χ0v) is 12.0. The minimum Gasteiger partial charge on any atom is -0.322 e. The standard InChI is InChI=1S/C12H17FN2OS.ClH/c1-8-3-4-11(9(13)7-8)15-12(16)10(14)5-6-17-2;/h3-4,7,10H,5-6,14H2,1-2H3,(H,15,16);1H/t10-;/m0./s1. The first kappa shape index (κ1) is 17.2. The molecule has 1 aromatic rings. The van der Waals surface area contributed by atoms with Gasteiger partial charge >= 0.3 is 0 Å². The highest BCUT2D eigenvalue weighted by atomic mass is 35.5. The molecule has 0 heterocycles. The Labute approximate surface area is 117 Å². The van der Waals surface area contributed by atoms with E-state index in [0.717, 1.165) is 11.3 Å². The molecule has 0 aromatic heterocycles. The van der Waals surface area contributed by atoms with Crippen molar-refractivity contribution in [1.29, 1.82) is 0 Å². The molecular formula is C12H18ClFN2OS. The molecule has 0 fully saturated rings. The Morgan fingerprint density at radius 1 is 1.56 bits per heavy atom. The molecule has 3 N–H and O–H groups in total. The van der Waals surface area contributed by atoms with E-state index in [1.54, 1.807) is 30.8 Å². The van der Waals surface area contributed by atoms with Crippen molar-refractivity contribution in [2.75, 3.05) is 17.3 Å². The zero-order valence-electron chi connectivity index (χ0n) is 10.4. The van der Waals surface area contributed by atoms with Gasteiger partial charge < -0.3 is 11.1 Å². The van der Waals surface area contributed by atoms with Gasteiger partial charge in [-0.15, -0.1) is 12.4 Å². The average molecular weight is 293 g/mol. The summed E-state index contributed by atoms with van der Waals surface area (Å²) in [6.07, 6.45) is 2.53. The predicted octanol–water partition coefficient (Wildman–Crippen LogP) is 2.57. The second-order valence-corrected chi connectivity index (χ2v) is 4.85. The van der Waals surface area contributed by atoms with Gasteiger partial charge in [0.05, 0.1) is 11.7 Å². The number of nitrogens with one attached hydrogen (secondary N) is 1. The Balaban J connectivity index is 0.00000289. The SMILES string of the molecule is CSCC[C@H](N)C(=O)Nc1ccc(C)cc1F.Cl. The molecular weight excluding hydrogens is 275 g/mol. The van der Waals surface area contributed by atoms with Crippen LogP contribution in [0.15, 0.2) is 18.2 Å². The normalized spacial score (nSPS) is 11.6. The Hall–Kier alpha value is -0.780. The van der Waals surface area contributed by atoms with E-state index >= 15 is 0 Å². The van der Waals surface area contributed by atoms with Crippen LogP contribution in [0.5, 0.6) is 0 Å². The molecule has 0 radical (unpaired) electrons. The molecule has 18 heavy (non-hydrogen) atoms. The molecule has 0 bridgehead atoms. The van der Waals surface area contributed by atoms with Gasteiger partial charge in [0.2, 0.25) is 5.91 Å². The fourth-order valence-corrected chi connectivity index (χ4v) is 1.81. The Morgan fingerprint density at radius 2 is 2.22 bits per heavy atom. The first-order chi connectivity index (χ1) is 8.04. The summed E-state index contributed by atoms with van der Waals surface area (Å²) in [6.45, 7) is 1.79. The minimum absolute atomic E-state index is 0. The fourth-order valence-electron chi connectivity index (χ4n) is 1.32. The van der Waals surface area contributed by atoms with E-state index < -0.39 is 11.9 Å². The number of amides is 1. The highest BCUT2D eigenvalue weighted by Gasteiger charge is 2.14. The number of thioether (sulfide) groups is 1. The lowest BCUT2D eigenvalue weighted by atomic mass is 10.2. The van der Waals surface area contributed by atoms with Crippen molar-refractivity contribution < 1.29 is 9.18 Å². The maximum Gasteiger partial charge on any atom is 0.241 e. The summed E-state index contributed by atoms with van der Waals surface area (Å²) in [5.74, 6) is 0.0301. The van der Waals surface area contributed by atoms with Crippen molar-refractivity contribution in [3.05, 3.63) is 29.6 Å². The molecule has 0 spiro atoms. The van der Waals surface area contributed by atoms with Crippen molar-refractivity contribution >= 4 is 35.8 Å². The van der Waals surface area contributed by atoms with E-state index in [-0.39, 0.29) is 24.0 Å². The fraction of sp³-hybridized carbons (Fsp3) is 0.417. The molecule has 1 atom stereocenters. The third-order valence-corrected chi connectivity index (χ3v) is 3.00. The predicted molar refractivity (Wildman–Crippen MR) is 78.0 cm³/mol. The quantitative estimate of drug-likeness (QED) is 0.877. The molecule has 0 aliphatic rings. The lowest BCUT2D eigenvalue weighted by molar-refractivity contribution is -0.117. The third-order valence-electron chi connectivity index (χ3n) is 2.35. The number of hydrogen-bond acceptors (Lipinski definition) is 3. The van der Waals surface area contributed by atoms with E-state index in [9.17, 15) is 9.18 Å². The summed E-state index contributed by atoms with van der Waals surface area (Å²) in [6, 6.07) is 4.07. The highest BCUT2D eigenvalue weighted by molar-refractivity contribution is 7.98. The molecule has 1 amide bonds. The van der Waals surface area contributed by atoms with E-state index in [0.29, 0.717) is 6.42 Å². The van der Waals surface area contributed by atoms with Gasteiger partial charge in [-0.1, -0.05) is 6.07 Å². The number of halogens is 2. The van der Waals surface area contributed by atoms with Gasteiger partial charge in [-0.25, -0.2) is 4.39 Å². The Kier molecular flexibility index (Phi) is 7.98.